The lowest BCUT2D eigenvalue weighted by atomic mass is 10.1. The second-order valence-corrected chi connectivity index (χ2v) is 4.21. The smallest absolute Gasteiger partial charge is 0.319 e. The third-order valence-electron chi connectivity index (χ3n) is 2.69. The first-order chi connectivity index (χ1) is 9.38. The predicted molar refractivity (Wildman–Crippen MR) is 66.1 cm³/mol. The molecule has 0 radical (unpaired) electrons. The Balaban J connectivity index is 2.79. The third-order valence-corrected chi connectivity index (χ3v) is 2.88. The molecule has 0 spiro atoms. The van der Waals surface area contributed by atoms with Crippen LogP contribution < -0.4 is 5.32 Å². The van der Waals surface area contributed by atoms with Crippen molar-refractivity contribution in [1.82, 2.24) is 10.2 Å². The molecule has 0 aromatic carbocycles. The van der Waals surface area contributed by atoms with Crippen molar-refractivity contribution in [3.63, 3.8) is 0 Å². The molecule has 1 aliphatic rings. The molecule has 0 saturated carbocycles. The van der Waals surface area contributed by atoms with E-state index in [4.69, 9.17) is 21.6 Å². The fourth-order valence-corrected chi connectivity index (χ4v) is 1.77. The van der Waals surface area contributed by atoms with Gasteiger partial charge >= 0.3 is 5.92 Å². The monoisotopic (exact) mass is 313 g/mol. The lowest BCUT2D eigenvalue weighted by Gasteiger charge is -2.27. The van der Waals surface area contributed by atoms with E-state index in [-0.39, 0.29) is 5.84 Å². The van der Waals surface area contributed by atoms with Gasteiger partial charge in [-0.15, -0.1) is 0 Å². The number of amidine groups is 1. The van der Waals surface area contributed by atoms with Gasteiger partial charge in [-0.05, 0) is 6.08 Å². The number of rotatable bonds is 5. The molecule has 1 rings (SSSR count). The molecule has 0 aromatic heterocycles. The minimum atomic E-state index is -3.57. The summed E-state index contributed by atoms with van der Waals surface area (Å²) in [7, 11) is 1.27. The van der Waals surface area contributed by atoms with Gasteiger partial charge in [0, 0.05) is 25.0 Å². The van der Waals surface area contributed by atoms with Crippen LogP contribution in [0.15, 0.2) is 16.8 Å². The first-order valence-electron chi connectivity index (χ1n) is 5.50. The van der Waals surface area contributed by atoms with Gasteiger partial charge in [0.15, 0.2) is 12.3 Å². The fraction of sp³-hybridized carbons (Fsp3) is 0.600. The Morgan fingerprint density at radius 1 is 1.65 bits per heavy atom. The van der Waals surface area contributed by atoms with Gasteiger partial charge < -0.3 is 25.2 Å². The van der Waals surface area contributed by atoms with Crippen LogP contribution in [0.25, 0.3) is 0 Å². The number of nitrogens with one attached hydrogen (secondary N) is 1. The molecule has 3 atom stereocenters. The van der Waals surface area contributed by atoms with Gasteiger partial charge in [0.25, 0.3) is 0 Å². The Morgan fingerprint density at radius 3 is 2.75 bits per heavy atom. The van der Waals surface area contributed by atoms with E-state index >= 15 is 0 Å². The molecule has 20 heavy (non-hydrogen) atoms. The quantitative estimate of drug-likeness (QED) is 0.359. The summed E-state index contributed by atoms with van der Waals surface area (Å²) in [6, 6.07) is 0. The molecule has 1 heterocycles. The van der Waals surface area contributed by atoms with E-state index in [0.717, 1.165) is 11.1 Å². The van der Waals surface area contributed by atoms with Crippen molar-refractivity contribution >= 4 is 24.0 Å². The van der Waals surface area contributed by atoms with Gasteiger partial charge in [-0.3, -0.25) is 4.79 Å². The molecule has 1 aliphatic heterocycles. The number of ether oxygens (including phenoxy) is 1. The van der Waals surface area contributed by atoms with Crippen molar-refractivity contribution in [2.24, 2.45) is 4.51 Å². The summed E-state index contributed by atoms with van der Waals surface area (Å²) in [4.78, 5) is 11.2. The van der Waals surface area contributed by atoms with E-state index in [1.807, 2.05) is 0 Å². The Bertz CT molecular complexity index is 408. The normalized spacial score (nSPS) is 29.7. The maximum atomic E-state index is 13.8. The summed E-state index contributed by atoms with van der Waals surface area (Å²) in [6.07, 6.45) is -2.62. The SMILES string of the molecule is CN(/C=C\C(=NCl)NC=O)C1OC(CO)C(O)C1(F)F. The van der Waals surface area contributed by atoms with Crippen LogP contribution in [0.1, 0.15) is 0 Å². The predicted octanol–water partition coefficient (Wildman–Crippen LogP) is -0.556. The minimum Gasteiger partial charge on any atom is -0.394 e. The Morgan fingerprint density at radius 2 is 2.30 bits per heavy atom. The van der Waals surface area contributed by atoms with Gasteiger partial charge in [0.1, 0.15) is 11.9 Å². The molecule has 3 N–H and O–H groups in total. The molecule has 1 saturated heterocycles. The molecule has 10 heteroatoms. The second-order valence-electron chi connectivity index (χ2n) is 4.04. The maximum Gasteiger partial charge on any atom is 0.319 e. The van der Waals surface area contributed by atoms with E-state index in [9.17, 15) is 18.7 Å². The van der Waals surface area contributed by atoms with Crippen LogP contribution in [0.2, 0.25) is 0 Å². The number of alkyl halides is 2. The standard InChI is InChI=1S/C10H14ClF2N3O4/c1-16(3-2-7(15-11)14-5-18)9-10(12,13)8(19)6(4-17)20-9/h2-3,5-6,8-9,17,19H,4H2,1H3,(H,14,15,18)/b3-2-. The molecule has 0 aliphatic carbocycles. The summed E-state index contributed by atoms with van der Waals surface area (Å²) in [5.74, 6) is -3.63. The molecule has 0 bridgehead atoms. The van der Waals surface area contributed by atoms with Crippen molar-refractivity contribution < 1.29 is 28.5 Å². The molecular formula is C10H14ClF2N3O4. The van der Waals surface area contributed by atoms with Crippen LogP contribution in [-0.2, 0) is 9.53 Å². The van der Waals surface area contributed by atoms with Crippen LogP contribution in [0, 0.1) is 0 Å². The van der Waals surface area contributed by atoms with E-state index in [2.05, 4.69) is 9.83 Å². The zero-order valence-corrected chi connectivity index (χ0v) is 11.2. The van der Waals surface area contributed by atoms with Crippen molar-refractivity contribution in [1.29, 1.82) is 0 Å². The zero-order valence-electron chi connectivity index (χ0n) is 10.4. The highest BCUT2D eigenvalue weighted by atomic mass is 35.5. The summed E-state index contributed by atoms with van der Waals surface area (Å²) in [5, 5.41) is 20.3. The molecule has 3 unspecified atom stereocenters. The van der Waals surface area contributed by atoms with Crippen LogP contribution in [0.3, 0.4) is 0 Å². The van der Waals surface area contributed by atoms with E-state index in [1.54, 1.807) is 0 Å². The van der Waals surface area contributed by atoms with Gasteiger partial charge in [0.05, 0.1) is 6.61 Å². The number of aliphatic hydroxyl groups is 2. The first-order valence-corrected chi connectivity index (χ1v) is 5.83. The number of halogens is 3. The number of nitrogens with zero attached hydrogens (tertiary/aromatic N) is 2. The van der Waals surface area contributed by atoms with Crippen LogP contribution >= 0.6 is 11.8 Å². The minimum absolute atomic E-state index is 0.0610. The van der Waals surface area contributed by atoms with Gasteiger partial charge in [0.2, 0.25) is 6.41 Å². The number of hydrogen-bond donors (Lipinski definition) is 3. The molecule has 1 amide bonds. The zero-order chi connectivity index (χ0) is 15.3. The average Bonchev–Trinajstić information content (AvgIpc) is 2.65. The fourth-order valence-electron chi connectivity index (χ4n) is 1.66. The Kier molecular flexibility index (Phi) is 5.81. The highest BCUT2D eigenvalue weighted by Crippen LogP contribution is 2.37. The Labute approximate surface area is 118 Å². The summed E-state index contributed by atoms with van der Waals surface area (Å²) >= 11 is 5.16. The number of aliphatic hydroxyl groups excluding tert-OH is 2. The average molecular weight is 314 g/mol. The number of hydrogen-bond acceptors (Lipinski definition) is 6. The van der Waals surface area contributed by atoms with E-state index in [0.29, 0.717) is 6.41 Å². The second kappa shape index (κ2) is 6.93. The summed E-state index contributed by atoms with van der Waals surface area (Å²) < 4.78 is 35.6. The van der Waals surface area contributed by atoms with Crippen molar-refractivity contribution in [3.05, 3.63) is 12.3 Å². The lowest BCUT2D eigenvalue weighted by Crippen LogP contribution is -2.46. The van der Waals surface area contributed by atoms with Crippen LogP contribution in [-0.4, -0.2) is 65.4 Å². The summed E-state index contributed by atoms with van der Waals surface area (Å²) in [6.45, 7) is -0.730. The number of carbonyl (C=O) groups excluding carboxylic acids is 1. The van der Waals surface area contributed by atoms with Gasteiger partial charge in [-0.2, -0.15) is 13.3 Å². The summed E-state index contributed by atoms with van der Waals surface area (Å²) in [5.41, 5.74) is 0. The lowest BCUT2D eigenvalue weighted by molar-refractivity contribution is -0.150. The maximum absolute atomic E-state index is 13.8. The Hall–Kier alpha value is -1.29. The highest BCUT2D eigenvalue weighted by Gasteiger charge is 2.59. The molecule has 114 valence electrons. The van der Waals surface area contributed by atoms with Crippen molar-refractivity contribution in [3.8, 4) is 0 Å². The van der Waals surface area contributed by atoms with E-state index in [1.165, 1.54) is 13.1 Å². The molecule has 7 nitrogen and oxygen atoms in total. The van der Waals surface area contributed by atoms with Gasteiger partial charge in [-0.1, -0.05) is 0 Å². The number of carbonyl (C=O) groups is 1. The molecular weight excluding hydrogens is 300 g/mol. The molecule has 1 fully saturated rings. The highest BCUT2D eigenvalue weighted by molar-refractivity contribution is 6.22. The topological polar surface area (TPSA) is 94.4 Å². The largest absolute Gasteiger partial charge is 0.394 e. The van der Waals surface area contributed by atoms with Crippen molar-refractivity contribution in [2.45, 2.75) is 24.4 Å². The van der Waals surface area contributed by atoms with E-state index < -0.39 is 31.0 Å². The third kappa shape index (κ3) is 3.42. The molecule has 0 aromatic rings. The van der Waals surface area contributed by atoms with Crippen LogP contribution in [0.4, 0.5) is 8.78 Å². The number of amides is 1. The van der Waals surface area contributed by atoms with Crippen LogP contribution in [0.5, 0.6) is 0 Å². The van der Waals surface area contributed by atoms with Crippen molar-refractivity contribution in [2.75, 3.05) is 13.7 Å². The van der Waals surface area contributed by atoms with Gasteiger partial charge in [-0.25, -0.2) is 0 Å². The first kappa shape index (κ1) is 16.8.